The summed E-state index contributed by atoms with van der Waals surface area (Å²) in [6, 6.07) is 12.3. The summed E-state index contributed by atoms with van der Waals surface area (Å²) >= 11 is 0. The standard InChI is InChI=1S/C18H22O6S2/c1-3-17(13-5-9-15(10-6-13)25(19,20)21)18(4-2)14-7-11-16(12-8-14)26(22,23)24/h5-12,17-18H,3-4H2,1-2H3,(H,19,20,21)(H,22,23,24)/t17-,18-/m0/s1. The van der Waals surface area contributed by atoms with Crippen LogP contribution in [0.15, 0.2) is 58.3 Å². The van der Waals surface area contributed by atoms with Crippen LogP contribution in [-0.4, -0.2) is 25.9 Å². The van der Waals surface area contributed by atoms with E-state index >= 15 is 0 Å². The fraction of sp³-hybridized carbons (Fsp3) is 0.333. The highest BCUT2D eigenvalue weighted by Crippen LogP contribution is 2.38. The molecule has 0 aliphatic carbocycles. The van der Waals surface area contributed by atoms with E-state index in [0.717, 1.165) is 24.0 Å². The summed E-state index contributed by atoms with van der Waals surface area (Å²) in [6.45, 7) is 4.05. The van der Waals surface area contributed by atoms with Gasteiger partial charge in [-0.25, -0.2) is 0 Å². The lowest BCUT2D eigenvalue weighted by molar-refractivity contribution is 0.480. The molecule has 0 unspecified atom stereocenters. The van der Waals surface area contributed by atoms with E-state index in [0.29, 0.717) is 0 Å². The molecule has 0 amide bonds. The Morgan fingerprint density at radius 3 is 1.12 bits per heavy atom. The van der Waals surface area contributed by atoms with Crippen LogP contribution >= 0.6 is 0 Å². The lowest BCUT2D eigenvalue weighted by atomic mass is 9.78. The smallest absolute Gasteiger partial charge is 0.282 e. The minimum absolute atomic E-state index is 0.0898. The normalized spacial score (nSPS) is 14.8. The maximum Gasteiger partial charge on any atom is 0.294 e. The minimum Gasteiger partial charge on any atom is -0.282 e. The number of rotatable bonds is 7. The van der Waals surface area contributed by atoms with E-state index < -0.39 is 20.2 Å². The van der Waals surface area contributed by atoms with E-state index in [-0.39, 0.29) is 21.6 Å². The Labute approximate surface area is 154 Å². The Morgan fingerprint density at radius 1 is 0.654 bits per heavy atom. The van der Waals surface area contributed by atoms with Crippen LogP contribution in [0.5, 0.6) is 0 Å². The molecule has 0 saturated heterocycles. The van der Waals surface area contributed by atoms with Crippen LogP contribution in [-0.2, 0) is 20.2 Å². The quantitative estimate of drug-likeness (QED) is 0.685. The number of hydrogen-bond acceptors (Lipinski definition) is 4. The van der Waals surface area contributed by atoms with Crippen molar-refractivity contribution in [2.24, 2.45) is 0 Å². The summed E-state index contributed by atoms with van der Waals surface area (Å²) in [5.41, 5.74) is 1.87. The highest BCUT2D eigenvalue weighted by Gasteiger charge is 2.23. The van der Waals surface area contributed by atoms with Crippen molar-refractivity contribution < 1.29 is 25.9 Å². The molecule has 142 valence electrons. The van der Waals surface area contributed by atoms with Gasteiger partial charge in [0.25, 0.3) is 20.2 Å². The maximum atomic E-state index is 11.2. The third-order valence-corrected chi connectivity index (χ3v) is 6.31. The molecule has 0 bridgehead atoms. The Kier molecular flexibility index (Phi) is 6.23. The third kappa shape index (κ3) is 4.70. The van der Waals surface area contributed by atoms with Gasteiger partial charge in [-0.05, 0) is 60.1 Å². The highest BCUT2D eigenvalue weighted by molar-refractivity contribution is 7.86. The summed E-state index contributed by atoms with van der Waals surface area (Å²) in [6.07, 6.45) is 1.59. The van der Waals surface area contributed by atoms with Gasteiger partial charge in [0.15, 0.2) is 0 Å². The second-order valence-corrected chi connectivity index (χ2v) is 8.96. The molecular weight excluding hydrogens is 376 g/mol. The topological polar surface area (TPSA) is 109 Å². The van der Waals surface area contributed by atoms with Gasteiger partial charge in [0, 0.05) is 0 Å². The maximum absolute atomic E-state index is 11.2. The average Bonchev–Trinajstić information content (AvgIpc) is 2.58. The zero-order chi connectivity index (χ0) is 19.5. The number of benzene rings is 2. The van der Waals surface area contributed by atoms with Crippen molar-refractivity contribution in [2.75, 3.05) is 0 Å². The first-order valence-corrected chi connectivity index (χ1v) is 11.1. The zero-order valence-corrected chi connectivity index (χ0v) is 16.2. The van der Waals surface area contributed by atoms with Crippen LogP contribution in [0.25, 0.3) is 0 Å². The van der Waals surface area contributed by atoms with Crippen molar-refractivity contribution in [3.8, 4) is 0 Å². The lowest BCUT2D eigenvalue weighted by Gasteiger charge is -2.26. The molecule has 6 nitrogen and oxygen atoms in total. The summed E-state index contributed by atoms with van der Waals surface area (Å²) in [5, 5.41) is 0. The Morgan fingerprint density at radius 2 is 0.923 bits per heavy atom. The van der Waals surface area contributed by atoms with Gasteiger partial charge in [-0.1, -0.05) is 38.1 Å². The molecule has 2 aromatic carbocycles. The first-order valence-electron chi connectivity index (χ1n) is 8.22. The summed E-state index contributed by atoms with van der Waals surface area (Å²) in [7, 11) is -8.46. The molecule has 0 aliphatic rings. The van der Waals surface area contributed by atoms with Gasteiger partial charge in [-0.3, -0.25) is 9.11 Å². The highest BCUT2D eigenvalue weighted by atomic mass is 32.2. The van der Waals surface area contributed by atoms with Gasteiger partial charge in [0.1, 0.15) is 0 Å². The van der Waals surface area contributed by atoms with E-state index in [9.17, 15) is 16.8 Å². The molecule has 0 heterocycles. The molecule has 0 saturated carbocycles. The van der Waals surface area contributed by atoms with Gasteiger partial charge < -0.3 is 0 Å². The Bertz CT molecular complexity index is 864. The van der Waals surface area contributed by atoms with Crippen LogP contribution in [0.2, 0.25) is 0 Å². The van der Waals surface area contributed by atoms with E-state index in [1.54, 1.807) is 24.3 Å². The van der Waals surface area contributed by atoms with Crippen LogP contribution in [0, 0.1) is 0 Å². The molecule has 0 radical (unpaired) electrons. The molecule has 2 N–H and O–H groups in total. The summed E-state index contributed by atoms with van der Waals surface area (Å²) in [4.78, 5) is -0.302. The predicted octanol–water partition coefficient (Wildman–Crippen LogP) is 3.87. The predicted molar refractivity (Wildman–Crippen MR) is 98.6 cm³/mol. The first-order chi connectivity index (χ1) is 12.1. The molecule has 0 spiro atoms. The van der Waals surface area contributed by atoms with Crippen LogP contribution < -0.4 is 0 Å². The van der Waals surface area contributed by atoms with E-state index in [1.807, 2.05) is 13.8 Å². The third-order valence-electron chi connectivity index (χ3n) is 4.58. The Hall–Kier alpha value is -1.74. The second kappa shape index (κ2) is 7.87. The molecule has 0 aliphatic heterocycles. The van der Waals surface area contributed by atoms with Gasteiger partial charge >= 0.3 is 0 Å². The monoisotopic (exact) mass is 398 g/mol. The van der Waals surface area contributed by atoms with Crippen molar-refractivity contribution in [3.63, 3.8) is 0 Å². The van der Waals surface area contributed by atoms with Crippen LogP contribution in [0.4, 0.5) is 0 Å². The molecule has 0 aromatic heterocycles. The van der Waals surface area contributed by atoms with E-state index in [2.05, 4.69) is 0 Å². The molecule has 2 atom stereocenters. The molecule has 26 heavy (non-hydrogen) atoms. The van der Waals surface area contributed by atoms with Crippen molar-refractivity contribution in [3.05, 3.63) is 59.7 Å². The van der Waals surface area contributed by atoms with Gasteiger partial charge in [0.05, 0.1) is 9.79 Å². The lowest BCUT2D eigenvalue weighted by Crippen LogP contribution is -2.11. The van der Waals surface area contributed by atoms with Crippen molar-refractivity contribution >= 4 is 20.2 Å². The van der Waals surface area contributed by atoms with Crippen molar-refractivity contribution in [1.29, 1.82) is 0 Å². The van der Waals surface area contributed by atoms with E-state index in [1.165, 1.54) is 24.3 Å². The first kappa shape index (κ1) is 20.6. The van der Waals surface area contributed by atoms with E-state index in [4.69, 9.17) is 9.11 Å². The van der Waals surface area contributed by atoms with Crippen molar-refractivity contribution in [1.82, 2.24) is 0 Å². The minimum atomic E-state index is -4.23. The summed E-state index contributed by atoms with van der Waals surface area (Å²) in [5.74, 6) is 0.180. The summed E-state index contributed by atoms with van der Waals surface area (Å²) < 4.78 is 63.0. The largest absolute Gasteiger partial charge is 0.294 e. The second-order valence-electron chi connectivity index (χ2n) is 6.12. The number of hydrogen-bond donors (Lipinski definition) is 2. The van der Waals surface area contributed by atoms with Crippen LogP contribution in [0.3, 0.4) is 0 Å². The molecule has 8 heteroatoms. The fourth-order valence-corrected chi connectivity index (χ4v) is 4.24. The fourth-order valence-electron chi connectivity index (χ4n) is 3.28. The van der Waals surface area contributed by atoms with Gasteiger partial charge in [-0.15, -0.1) is 0 Å². The SMILES string of the molecule is CC[C@@H](c1ccc(S(=O)(=O)O)cc1)[C@@H](CC)c1ccc(S(=O)(=O)O)cc1. The van der Waals surface area contributed by atoms with Gasteiger partial charge in [0.2, 0.25) is 0 Å². The molecule has 2 rings (SSSR count). The van der Waals surface area contributed by atoms with Crippen LogP contribution in [0.1, 0.15) is 49.7 Å². The Balaban J connectivity index is 2.37. The van der Waals surface area contributed by atoms with Gasteiger partial charge in [-0.2, -0.15) is 16.8 Å². The van der Waals surface area contributed by atoms with Crippen molar-refractivity contribution in [2.45, 2.75) is 48.3 Å². The molecular formula is C18H22O6S2. The molecule has 0 fully saturated rings. The molecule has 2 aromatic rings. The zero-order valence-electron chi connectivity index (χ0n) is 14.5. The average molecular weight is 399 g/mol.